The monoisotopic (exact) mass is 315 g/mol. The molecule has 21 heavy (non-hydrogen) atoms. The molecule has 114 valence electrons. The van der Waals surface area contributed by atoms with Crippen molar-refractivity contribution in [3.63, 3.8) is 0 Å². The van der Waals surface area contributed by atoms with Crippen LogP contribution in [-0.2, 0) is 13.8 Å². The molecule has 1 aliphatic heterocycles. The number of phosphoric ester groups is 1. The summed E-state index contributed by atoms with van der Waals surface area (Å²) in [4.78, 5) is 29.5. The number of nitrogens with two attached hydrogens (primary N) is 1. The lowest BCUT2D eigenvalue weighted by Gasteiger charge is -2.15. The Labute approximate surface area is 119 Å². The van der Waals surface area contributed by atoms with Crippen LogP contribution in [0.3, 0.4) is 0 Å². The number of imidazole rings is 1. The number of hydrogen-bond acceptors (Lipinski definition) is 7. The fourth-order valence-corrected chi connectivity index (χ4v) is 2.64. The number of fused-ring (bicyclic) bond motifs is 1. The third-order valence-electron chi connectivity index (χ3n) is 3.21. The summed E-state index contributed by atoms with van der Waals surface area (Å²) in [7, 11) is -4.48. The second-order valence-corrected chi connectivity index (χ2v) is 5.90. The smallest absolute Gasteiger partial charge is 0.382 e. The Hall–Kier alpha value is -1.58. The molecule has 11 heteroatoms. The average molecular weight is 315 g/mol. The van der Waals surface area contributed by atoms with E-state index in [0.717, 1.165) is 0 Å². The summed E-state index contributed by atoms with van der Waals surface area (Å²) in [5, 5.41) is 0. The van der Waals surface area contributed by atoms with Crippen LogP contribution in [0.1, 0.15) is 19.1 Å². The number of phosphoric acid groups is 1. The molecule has 4 N–H and O–H groups in total. The molecule has 2 aromatic rings. The van der Waals surface area contributed by atoms with Crippen LogP contribution in [0.25, 0.3) is 11.2 Å². The second kappa shape index (κ2) is 5.32. The van der Waals surface area contributed by atoms with E-state index in [2.05, 4.69) is 19.5 Å². The van der Waals surface area contributed by atoms with E-state index in [4.69, 9.17) is 20.3 Å². The van der Waals surface area contributed by atoms with Gasteiger partial charge in [-0.3, -0.25) is 9.09 Å². The van der Waals surface area contributed by atoms with Crippen LogP contribution >= 0.6 is 7.82 Å². The molecule has 0 saturated carbocycles. The van der Waals surface area contributed by atoms with Gasteiger partial charge in [-0.15, -0.1) is 0 Å². The van der Waals surface area contributed by atoms with Gasteiger partial charge in [-0.25, -0.2) is 19.5 Å². The first-order chi connectivity index (χ1) is 9.94. The second-order valence-electron chi connectivity index (χ2n) is 4.66. The minimum atomic E-state index is -4.48. The Bertz CT molecular complexity index is 700. The van der Waals surface area contributed by atoms with Gasteiger partial charge in [-0.1, -0.05) is 0 Å². The molecule has 3 heterocycles. The summed E-state index contributed by atoms with van der Waals surface area (Å²) in [5.74, 6) is 0.290. The molecule has 0 spiro atoms. The van der Waals surface area contributed by atoms with E-state index in [1.165, 1.54) is 6.33 Å². The summed E-state index contributed by atoms with van der Waals surface area (Å²) in [6.45, 7) is -0.162. The number of nitrogen functional groups attached to an aromatic ring is 1. The van der Waals surface area contributed by atoms with Gasteiger partial charge < -0.3 is 20.3 Å². The Morgan fingerprint density at radius 3 is 3.00 bits per heavy atom. The molecular weight excluding hydrogens is 301 g/mol. The predicted octanol–water partition coefficient (Wildman–Crippen LogP) is 0.195. The van der Waals surface area contributed by atoms with Crippen LogP contribution < -0.4 is 5.73 Å². The van der Waals surface area contributed by atoms with E-state index < -0.39 is 7.82 Å². The highest BCUT2D eigenvalue weighted by atomic mass is 31.2. The molecule has 2 aromatic heterocycles. The van der Waals surface area contributed by atoms with Gasteiger partial charge in [0, 0.05) is 0 Å². The van der Waals surface area contributed by atoms with Gasteiger partial charge in [0.2, 0.25) is 0 Å². The minimum Gasteiger partial charge on any atom is -0.382 e. The first-order valence-electron chi connectivity index (χ1n) is 6.22. The molecular formula is C10H14N5O5P. The standard InChI is InChI=1S/C10H14N5O5P/c11-9-8-10(13-4-12-9)15(5-14-8)7-2-1-6(20-7)3-19-21(16,17)18/h4-7H,1-3H2,(H2,11,12,13)(H2,16,17,18)/t6-,7+/m1/s1. The van der Waals surface area contributed by atoms with Crippen molar-refractivity contribution in [3.05, 3.63) is 12.7 Å². The van der Waals surface area contributed by atoms with Gasteiger partial charge in [-0.05, 0) is 12.8 Å². The van der Waals surface area contributed by atoms with Crippen LogP contribution in [0.5, 0.6) is 0 Å². The number of hydrogen-bond donors (Lipinski definition) is 3. The Morgan fingerprint density at radius 1 is 1.43 bits per heavy atom. The molecule has 1 saturated heterocycles. The van der Waals surface area contributed by atoms with Crippen molar-refractivity contribution in [2.24, 2.45) is 0 Å². The normalized spacial score (nSPS) is 23.0. The van der Waals surface area contributed by atoms with Gasteiger partial charge in [0.05, 0.1) is 19.0 Å². The molecule has 0 unspecified atom stereocenters. The highest BCUT2D eigenvalue weighted by Crippen LogP contribution is 2.38. The van der Waals surface area contributed by atoms with Crippen molar-refractivity contribution in [3.8, 4) is 0 Å². The quantitative estimate of drug-likeness (QED) is 0.673. The van der Waals surface area contributed by atoms with Crippen LogP contribution in [0.4, 0.5) is 5.82 Å². The molecule has 2 atom stereocenters. The van der Waals surface area contributed by atoms with Gasteiger partial charge in [-0.2, -0.15) is 0 Å². The summed E-state index contributed by atoms with van der Waals surface area (Å²) in [6, 6.07) is 0. The molecule has 1 aliphatic rings. The van der Waals surface area contributed by atoms with Crippen molar-refractivity contribution in [1.82, 2.24) is 19.5 Å². The molecule has 0 radical (unpaired) electrons. The third kappa shape index (κ3) is 3.04. The minimum absolute atomic E-state index is 0.162. The van der Waals surface area contributed by atoms with E-state index in [9.17, 15) is 4.57 Å². The topological polar surface area (TPSA) is 146 Å². The van der Waals surface area contributed by atoms with Crippen molar-refractivity contribution >= 4 is 24.8 Å². The summed E-state index contributed by atoms with van der Waals surface area (Å²) in [6.07, 6.45) is 3.47. The highest BCUT2D eigenvalue weighted by Gasteiger charge is 2.30. The largest absolute Gasteiger partial charge is 0.469 e. The van der Waals surface area contributed by atoms with Gasteiger partial charge in [0.1, 0.15) is 18.1 Å². The molecule has 0 aromatic carbocycles. The van der Waals surface area contributed by atoms with Crippen LogP contribution in [0, 0.1) is 0 Å². The lowest BCUT2D eigenvalue weighted by molar-refractivity contribution is -0.0205. The fourth-order valence-electron chi connectivity index (χ4n) is 2.27. The number of nitrogens with zero attached hydrogens (tertiary/aromatic N) is 4. The zero-order valence-electron chi connectivity index (χ0n) is 10.9. The maximum atomic E-state index is 10.7. The Balaban J connectivity index is 1.73. The summed E-state index contributed by atoms with van der Waals surface area (Å²) < 4.78 is 22.6. The molecule has 0 bridgehead atoms. The predicted molar refractivity (Wildman–Crippen MR) is 70.9 cm³/mol. The maximum absolute atomic E-state index is 10.7. The lowest BCUT2D eigenvalue weighted by atomic mass is 10.2. The Morgan fingerprint density at radius 2 is 2.24 bits per heavy atom. The molecule has 1 fully saturated rings. The van der Waals surface area contributed by atoms with E-state index >= 15 is 0 Å². The summed E-state index contributed by atoms with van der Waals surface area (Å²) in [5.41, 5.74) is 6.77. The summed E-state index contributed by atoms with van der Waals surface area (Å²) >= 11 is 0. The number of aromatic nitrogens is 4. The molecule has 0 amide bonds. The van der Waals surface area contributed by atoms with Crippen LogP contribution in [0.15, 0.2) is 12.7 Å². The maximum Gasteiger partial charge on any atom is 0.469 e. The first-order valence-corrected chi connectivity index (χ1v) is 7.75. The SMILES string of the molecule is Nc1ncnc2c1ncn2[C@@H]1CC[C@H](COP(=O)(O)O)O1. The molecule has 3 rings (SSSR count). The highest BCUT2D eigenvalue weighted by molar-refractivity contribution is 7.46. The van der Waals surface area contributed by atoms with Crippen LogP contribution in [0.2, 0.25) is 0 Å². The zero-order valence-corrected chi connectivity index (χ0v) is 11.8. The molecule has 0 aliphatic carbocycles. The van der Waals surface area contributed by atoms with E-state index in [0.29, 0.717) is 24.0 Å². The fraction of sp³-hybridized carbons (Fsp3) is 0.500. The lowest BCUT2D eigenvalue weighted by Crippen LogP contribution is -2.16. The van der Waals surface area contributed by atoms with Crippen molar-refractivity contribution in [2.45, 2.75) is 25.2 Å². The Kier molecular flexibility index (Phi) is 3.64. The van der Waals surface area contributed by atoms with E-state index in [1.807, 2.05) is 0 Å². The number of rotatable bonds is 4. The van der Waals surface area contributed by atoms with Gasteiger partial charge >= 0.3 is 7.82 Å². The molecule has 10 nitrogen and oxygen atoms in total. The van der Waals surface area contributed by atoms with E-state index in [1.54, 1.807) is 10.9 Å². The average Bonchev–Trinajstić information content (AvgIpc) is 3.02. The number of anilines is 1. The van der Waals surface area contributed by atoms with Gasteiger partial charge in [0.25, 0.3) is 0 Å². The number of ether oxygens (including phenoxy) is 1. The van der Waals surface area contributed by atoms with Crippen LogP contribution in [-0.4, -0.2) is 42.0 Å². The van der Waals surface area contributed by atoms with E-state index in [-0.39, 0.29) is 24.8 Å². The van der Waals surface area contributed by atoms with Crippen molar-refractivity contribution < 1.29 is 23.6 Å². The third-order valence-corrected chi connectivity index (χ3v) is 3.70. The first kappa shape index (κ1) is 14.4. The van der Waals surface area contributed by atoms with Gasteiger partial charge in [0.15, 0.2) is 11.5 Å². The van der Waals surface area contributed by atoms with Crippen molar-refractivity contribution in [2.75, 3.05) is 12.3 Å². The zero-order chi connectivity index (χ0) is 15.0. The van der Waals surface area contributed by atoms with Crippen molar-refractivity contribution in [1.29, 1.82) is 0 Å².